The van der Waals surface area contributed by atoms with E-state index < -0.39 is 171 Å². The SMILES string of the molecule is CC[C@H](C)[C@@H]1NC(=O)CNC(=O)[C@@H]2Cc3c([nH]c4ccccc34)SCC(NC(=O)CNC1=O)C(=O)N[C@@H](CC(=O)NCc1ccc(NC(=O)[C@H](C)NC(=O)C(NC)C(C)C)cc1)C(=O)N1C[C@H](O)C[C@H]1C(=O)N[C@@H]([C@@H](C)[C@@H](O)CO)C(=O)N2. The van der Waals surface area contributed by atoms with E-state index in [-0.39, 0.29) is 30.5 Å². The maximum atomic E-state index is 14.9. The Hall–Kier alpha value is -7.66. The van der Waals surface area contributed by atoms with Gasteiger partial charge in [-0.25, -0.2) is 0 Å². The van der Waals surface area contributed by atoms with Crippen molar-refractivity contribution >= 4 is 93.3 Å². The smallest absolute Gasteiger partial charge is 0.246 e. The van der Waals surface area contributed by atoms with Crippen molar-refractivity contribution in [2.45, 2.75) is 139 Å². The Morgan fingerprint density at radius 2 is 1.45 bits per heavy atom. The number of carbonyl (C=O) groups excluding carboxylic acids is 11. The number of aromatic nitrogens is 1. The maximum absolute atomic E-state index is 14.9. The molecule has 0 radical (unpaired) electrons. The second kappa shape index (κ2) is 29.5. The van der Waals surface area contributed by atoms with E-state index in [4.69, 9.17) is 0 Å². The summed E-state index contributed by atoms with van der Waals surface area (Å²) in [5.74, 6) is -11.1. The normalized spacial score (nSPS) is 24.4. The van der Waals surface area contributed by atoms with Crippen LogP contribution in [0.3, 0.4) is 0 Å². The summed E-state index contributed by atoms with van der Waals surface area (Å²) in [6.07, 6.45) is -4.04. The van der Waals surface area contributed by atoms with E-state index in [0.29, 0.717) is 39.2 Å². The molecular weight excluding hydrogens is 1100 g/mol. The molecule has 0 aliphatic carbocycles. The lowest BCUT2D eigenvalue weighted by molar-refractivity contribution is -0.144. The Morgan fingerprint density at radius 1 is 0.771 bits per heavy atom. The second-order valence-corrected chi connectivity index (χ2v) is 22.5. The Labute approximate surface area is 483 Å². The highest BCUT2D eigenvalue weighted by molar-refractivity contribution is 7.99. The van der Waals surface area contributed by atoms with E-state index in [1.54, 1.807) is 76.3 Å². The van der Waals surface area contributed by atoms with Crippen molar-refractivity contribution in [3.05, 3.63) is 59.7 Å². The molecule has 15 N–H and O–H groups in total. The van der Waals surface area contributed by atoms with Gasteiger partial charge in [0.05, 0.1) is 49.4 Å². The number of aromatic amines is 1. The van der Waals surface area contributed by atoms with Gasteiger partial charge in [0, 0.05) is 54.2 Å². The van der Waals surface area contributed by atoms with Gasteiger partial charge in [0.1, 0.15) is 42.3 Å². The number of aliphatic hydroxyl groups is 3. The van der Waals surface area contributed by atoms with Crippen LogP contribution in [-0.2, 0) is 65.7 Å². The molecule has 2 unspecified atom stereocenters. The van der Waals surface area contributed by atoms with E-state index in [2.05, 4.69) is 63.5 Å². The Morgan fingerprint density at radius 3 is 2.11 bits per heavy atom. The predicted molar refractivity (Wildman–Crippen MR) is 303 cm³/mol. The number of nitrogens with one attached hydrogen (secondary N) is 12. The molecule has 1 saturated heterocycles. The minimum atomic E-state index is -1.79. The Balaban J connectivity index is 1.36. The number of hydrogen-bond donors (Lipinski definition) is 15. The van der Waals surface area contributed by atoms with Crippen molar-refractivity contribution in [2.24, 2.45) is 17.8 Å². The minimum absolute atomic E-state index is 0.0333. The molecule has 4 heterocycles. The molecule has 1 fully saturated rings. The van der Waals surface area contributed by atoms with Gasteiger partial charge >= 0.3 is 0 Å². The number of aliphatic hydroxyl groups excluding tert-OH is 3. The van der Waals surface area contributed by atoms with Crippen LogP contribution in [0, 0.1) is 17.8 Å². The molecular formula is C55H77N13O14S. The first-order chi connectivity index (χ1) is 39.4. The molecule has 6 rings (SSSR count). The number of para-hydroxylation sites is 1. The Kier molecular flexibility index (Phi) is 23.0. The highest BCUT2D eigenvalue weighted by Crippen LogP contribution is 2.32. The lowest BCUT2D eigenvalue weighted by Gasteiger charge is -2.33. The van der Waals surface area contributed by atoms with Crippen molar-refractivity contribution < 1.29 is 68.1 Å². The number of carbonyl (C=O) groups is 11. The molecule has 0 spiro atoms. The van der Waals surface area contributed by atoms with Crippen molar-refractivity contribution in [3.63, 3.8) is 0 Å². The summed E-state index contributed by atoms with van der Waals surface area (Å²) in [4.78, 5) is 158. The number of thioether (sulfide) groups is 1. The number of likely N-dealkylation sites (N-methyl/N-ethyl adjacent to an activating group) is 1. The van der Waals surface area contributed by atoms with Crippen LogP contribution in [0.25, 0.3) is 10.9 Å². The van der Waals surface area contributed by atoms with Gasteiger partial charge in [-0.3, -0.25) is 52.7 Å². The van der Waals surface area contributed by atoms with Crippen molar-refractivity contribution in [1.29, 1.82) is 0 Å². The van der Waals surface area contributed by atoms with E-state index >= 15 is 0 Å². The summed E-state index contributed by atoms with van der Waals surface area (Å²) in [5.41, 5.74) is 1.90. The lowest BCUT2D eigenvalue weighted by atomic mass is 9.93. The minimum Gasteiger partial charge on any atom is -0.394 e. The second-order valence-electron chi connectivity index (χ2n) is 21.5. The van der Waals surface area contributed by atoms with Gasteiger partial charge < -0.3 is 83.7 Å². The van der Waals surface area contributed by atoms with Gasteiger partial charge in [0.2, 0.25) is 65.0 Å². The fourth-order valence-corrected chi connectivity index (χ4v) is 11.0. The molecule has 11 amide bonds. The molecule has 27 nitrogen and oxygen atoms in total. The molecule has 12 atom stereocenters. The predicted octanol–water partition coefficient (Wildman–Crippen LogP) is -3.12. The standard InChI is InChI=1S/C55H77N13O14S/c1-8-27(4)45-51(79)59-21-42(73)62-38-25-83-54-34(33-11-9-10-12-35(33)65-54)18-36(48(76)58-22-43(74)66-45)63-53(81)46(28(5)40(71)24-69)67-50(78)39-17-32(70)23-68(39)55(82)37(64-49(38)77)19-41(72)57-20-30-13-15-31(16-14-30)61-47(75)29(6)60-52(80)44(56-7)26(2)3/h9-16,26-29,32,36-40,44-46,56,65,69-71H,8,17-25H2,1-7H3,(H,57,72)(H,58,76)(H,59,79)(H,60,80)(H,61,75)(H,62,73)(H,63,81)(H,64,77)(H,66,74)(H,67,78)/t27-,28-,29-,32+,36-,37-,38?,39-,40-,44?,45-,46-/m0/s1. The van der Waals surface area contributed by atoms with Gasteiger partial charge in [-0.05, 0) is 55.1 Å². The van der Waals surface area contributed by atoms with E-state index in [1.165, 1.54) is 6.92 Å². The molecule has 3 aliphatic heterocycles. The molecule has 1 aromatic heterocycles. The van der Waals surface area contributed by atoms with Crippen LogP contribution >= 0.6 is 11.8 Å². The van der Waals surface area contributed by atoms with Gasteiger partial charge in [-0.1, -0.05) is 71.4 Å². The summed E-state index contributed by atoms with van der Waals surface area (Å²) in [6.45, 7) is 7.23. The first-order valence-electron chi connectivity index (χ1n) is 27.6. The van der Waals surface area contributed by atoms with Crippen LogP contribution in [0.2, 0.25) is 0 Å². The van der Waals surface area contributed by atoms with Crippen LogP contribution < -0.4 is 58.5 Å². The fourth-order valence-electron chi connectivity index (χ4n) is 9.87. The number of nitrogens with zero attached hydrogens (tertiary/aromatic N) is 1. The molecule has 3 aromatic rings. The third kappa shape index (κ3) is 17.0. The van der Waals surface area contributed by atoms with Gasteiger partial charge in [-0.15, -0.1) is 11.8 Å². The fraction of sp³-hybridized carbons (Fsp3) is 0.545. The van der Waals surface area contributed by atoms with Crippen LogP contribution in [-0.4, -0.2) is 190 Å². The molecule has 3 aliphatic rings. The summed E-state index contributed by atoms with van der Waals surface area (Å²) in [7, 11) is 1.65. The summed E-state index contributed by atoms with van der Waals surface area (Å²) < 4.78 is 0. The van der Waals surface area contributed by atoms with Crippen molar-refractivity contribution in [1.82, 2.24) is 63.1 Å². The highest BCUT2D eigenvalue weighted by atomic mass is 32.2. The number of amides is 11. The maximum Gasteiger partial charge on any atom is 0.246 e. The number of rotatable bonds is 15. The summed E-state index contributed by atoms with van der Waals surface area (Å²) >= 11 is 1.01. The third-order valence-corrected chi connectivity index (χ3v) is 16.1. The largest absolute Gasteiger partial charge is 0.394 e. The molecule has 28 heteroatoms. The zero-order valence-electron chi connectivity index (χ0n) is 47.4. The average Bonchev–Trinajstić information content (AvgIpc) is 3.91. The number of benzene rings is 2. The monoisotopic (exact) mass is 1180 g/mol. The molecule has 83 heavy (non-hydrogen) atoms. The topological polar surface area (TPSA) is 400 Å². The number of anilines is 1. The van der Waals surface area contributed by atoms with Gasteiger partial charge in [-0.2, -0.15) is 0 Å². The lowest BCUT2D eigenvalue weighted by Crippen LogP contribution is -2.62. The molecule has 2 aromatic carbocycles. The zero-order chi connectivity index (χ0) is 60.8. The third-order valence-electron chi connectivity index (χ3n) is 15.0. The molecule has 0 saturated carbocycles. The van der Waals surface area contributed by atoms with E-state index in [1.807, 2.05) is 13.8 Å². The van der Waals surface area contributed by atoms with Crippen molar-refractivity contribution in [3.8, 4) is 0 Å². The van der Waals surface area contributed by atoms with E-state index in [9.17, 15) is 68.1 Å². The average molecular weight is 1180 g/mol. The number of H-pyrrole nitrogens is 1. The van der Waals surface area contributed by atoms with Crippen LogP contribution in [0.4, 0.5) is 5.69 Å². The van der Waals surface area contributed by atoms with Crippen LogP contribution in [0.5, 0.6) is 0 Å². The first-order valence-corrected chi connectivity index (χ1v) is 28.6. The summed E-state index contributed by atoms with van der Waals surface area (Å²) in [6, 6.07) is 2.49. The van der Waals surface area contributed by atoms with Gasteiger partial charge in [0.25, 0.3) is 0 Å². The molecule has 2 bridgehead atoms. The quantitative estimate of drug-likeness (QED) is 0.0716. The van der Waals surface area contributed by atoms with Crippen molar-refractivity contribution in [2.75, 3.05) is 44.4 Å². The first kappa shape index (κ1) is 64.5. The summed E-state index contributed by atoms with van der Waals surface area (Å²) in [5, 5.41) is 62.1. The van der Waals surface area contributed by atoms with Gasteiger partial charge in [0.15, 0.2) is 0 Å². The van der Waals surface area contributed by atoms with Crippen LogP contribution in [0.15, 0.2) is 53.6 Å². The molecule has 452 valence electrons. The number of fused-ring (bicyclic) bond motifs is 5. The zero-order valence-corrected chi connectivity index (χ0v) is 48.2. The van der Waals surface area contributed by atoms with E-state index in [0.717, 1.165) is 16.7 Å². The highest BCUT2D eigenvalue weighted by Gasteiger charge is 2.45. The Bertz CT molecular complexity index is 2890. The van der Waals surface area contributed by atoms with Crippen LogP contribution in [0.1, 0.15) is 71.9 Å². The number of hydrogen-bond acceptors (Lipinski definition) is 16.